The maximum absolute atomic E-state index is 12.7. The Bertz CT molecular complexity index is 895. The van der Waals surface area contributed by atoms with Crippen LogP contribution in [-0.4, -0.2) is 30.2 Å². The molecule has 1 aliphatic carbocycles. The van der Waals surface area contributed by atoms with Gasteiger partial charge in [-0.25, -0.2) is 9.78 Å². The van der Waals surface area contributed by atoms with Crippen LogP contribution in [0.4, 0.5) is 0 Å². The van der Waals surface area contributed by atoms with Crippen molar-refractivity contribution < 1.29 is 14.0 Å². The number of imidazole rings is 1. The molecular formula is C17H28N4O5P+. The number of rotatable bonds is 8. The van der Waals surface area contributed by atoms with E-state index >= 15 is 0 Å². The average Bonchev–Trinajstić information content (AvgIpc) is 3.36. The van der Waals surface area contributed by atoms with E-state index < -0.39 is 13.9 Å². The van der Waals surface area contributed by atoms with Crippen LogP contribution in [0.15, 0.2) is 15.9 Å². The van der Waals surface area contributed by atoms with Gasteiger partial charge in [0.25, 0.3) is 5.56 Å². The molecule has 1 unspecified atom stereocenters. The summed E-state index contributed by atoms with van der Waals surface area (Å²) in [6.07, 6.45) is 6.83. The minimum atomic E-state index is -2.67. The Morgan fingerprint density at radius 2 is 1.96 bits per heavy atom. The molecule has 1 aliphatic rings. The van der Waals surface area contributed by atoms with Crippen LogP contribution in [0.2, 0.25) is 0 Å². The Kier molecular flexibility index (Phi) is 7.89. The maximum Gasteiger partial charge on any atom is 0.694 e. The lowest BCUT2D eigenvalue weighted by Gasteiger charge is -2.09. The molecule has 9 nitrogen and oxygen atoms in total. The van der Waals surface area contributed by atoms with Crippen molar-refractivity contribution in [3.8, 4) is 0 Å². The fourth-order valence-electron chi connectivity index (χ4n) is 2.60. The van der Waals surface area contributed by atoms with Gasteiger partial charge in [0.05, 0.1) is 6.33 Å². The molecule has 2 aromatic rings. The molecule has 10 heteroatoms. The Morgan fingerprint density at radius 1 is 1.30 bits per heavy atom. The van der Waals surface area contributed by atoms with E-state index in [1.807, 2.05) is 4.57 Å². The molecule has 1 atom stereocenters. The largest absolute Gasteiger partial charge is 0.694 e. The van der Waals surface area contributed by atoms with E-state index in [0.717, 1.165) is 24.0 Å². The van der Waals surface area contributed by atoms with E-state index in [9.17, 15) is 14.2 Å². The van der Waals surface area contributed by atoms with E-state index in [1.54, 1.807) is 13.4 Å². The number of fused-ring (bicyclic) bond motifs is 1. The van der Waals surface area contributed by atoms with Crippen LogP contribution in [0, 0.1) is 5.92 Å². The highest BCUT2D eigenvalue weighted by Crippen LogP contribution is 2.31. The number of hydrogen-bond acceptors (Lipinski definition) is 5. The third-order valence-electron chi connectivity index (χ3n) is 4.48. The molecule has 2 aromatic heterocycles. The van der Waals surface area contributed by atoms with Crippen molar-refractivity contribution in [3.63, 3.8) is 0 Å². The van der Waals surface area contributed by atoms with E-state index in [2.05, 4.69) is 23.4 Å². The lowest BCUT2D eigenvalue weighted by Crippen LogP contribution is -2.40. The van der Waals surface area contributed by atoms with Gasteiger partial charge in [-0.2, -0.15) is 0 Å². The summed E-state index contributed by atoms with van der Waals surface area (Å²) in [4.78, 5) is 37.7. The average molecular weight is 399 g/mol. The van der Waals surface area contributed by atoms with E-state index in [-0.39, 0.29) is 18.7 Å². The zero-order valence-electron chi connectivity index (χ0n) is 16.1. The molecule has 3 rings (SSSR count). The first-order valence-electron chi connectivity index (χ1n) is 9.34. The third-order valence-corrected chi connectivity index (χ3v) is 4.88. The predicted molar refractivity (Wildman–Crippen MR) is 103 cm³/mol. The molecule has 0 radical (unpaired) electrons. The zero-order chi connectivity index (χ0) is 20.0. The molecule has 1 saturated carbocycles. The number of unbranched alkanes of at least 4 members (excludes halogenated alkanes) is 1. The van der Waals surface area contributed by atoms with Gasteiger partial charge in [-0.1, -0.05) is 26.7 Å². The van der Waals surface area contributed by atoms with Crippen LogP contribution in [0.5, 0.6) is 0 Å². The fraction of sp³-hybridized carbons (Fsp3) is 0.706. The Labute approximate surface area is 158 Å². The minimum absolute atomic E-state index is 0.000666. The monoisotopic (exact) mass is 399 g/mol. The van der Waals surface area contributed by atoms with E-state index in [0.29, 0.717) is 23.5 Å². The molecule has 0 aliphatic heterocycles. The van der Waals surface area contributed by atoms with Gasteiger partial charge >= 0.3 is 13.9 Å². The highest BCUT2D eigenvalue weighted by molar-refractivity contribution is 7.32. The van der Waals surface area contributed by atoms with Crippen molar-refractivity contribution in [2.75, 3.05) is 6.61 Å². The smallest absolute Gasteiger partial charge is 0.324 e. The van der Waals surface area contributed by atoms with Crippen LogP contribution in [0.1, 0.15) is 46.0 Å². The van der Waals surface area contributed by atoms with E-state index in [4.69, 9.17) is 4.89 Å². The first-order valence-corrected chi connectivity index (χ1v) is 10.5. The molecule has 150 valence electrons. The molecule has 0 bridgehead atoms. The summed E-state index contributed by atoms with van der Waals surface area (Å²) < 4.78 is 19.3. The highest BCUT2D eigenvalue weighted by Gasteiger charge is 2.24. The second-order valence-corrected chi connectivity index (χ2v) is 7.47. The normalized spacial score (nSPS) is 14.1. The van der Waals surface area contributed by atoms with E-state index in [1.165, 1.54) is 17.4 Å². The number of aryl methyl sites for hydroxylation is 1. The SMILES string of the molecule is CCCC.Cn1c(=O)n(CCCO[P+](=O)O)c(=O)c2c1ncn2CC1CC1. The highest BCUT2D eigenvalue weighted by atomic mass is 31.1. The lowest BCUT2D eigenvalue weighted by molar-refractivity contribution is 0.270. The molecule has 0 aromatic carbocycles. The van der Waals surface area contributed by atoms with Gasteiger partial charge in [0.15, 0.2) is 11.2 Å². The summed E-state index contributed by atoms with van der Waals surface area (Å²) in [5.41, 5.74) is -0.0260. The van der Waals surface area contributed by atoms with Crippen LogP contribution >= 0.6 is 8.25 Å². The Balaban J connectivity index is 0.000000596. The van der Waals surface area contributed by atoms with Crippen molar-refractivity contribution in [3.05, 3.63) is 27.2 Å². The van der Waals surface area contributed by atoms with Crippen molar-refractivity contribution in [1.82, 2.24) is 18.7 Å². The van der Waals surface area contributed by atoms with Gasteiger partial charge in [0.2, 0.25) is 0 Å². The van der Waals surface area contributed by atoms with Crippen molar-refractivity contribution in [2.24, 2.45) is 13.0 Å². The summed E-state index contributed by atoms with van der Waals surface area (Å²) in [7, 11) is -1.09. The molecular weight excluding hydrogens is 371 g/mol. The first kappa shape index (κ1) is 21.5. The number of hydrogen-bond donors (Lipinski definition) is 1. The van der Waals surface area contributed by atoms with Gasteiger partial charge in [-0.3, -0.25) is 13.9 Å². The molecule has 27 heavy (non-hydrogen) atoms. The third kappa shape index (κ3) is 5.57. The van der Waals surface area contributed by atoms with Gasteiger partial charge in [0.1, 0.15) is 6.61 Å². The van der Waals surface area contributed by atoms with Gasteiger partial charge < -0.3 is 4.57 Å². The summed E-state index contributed by atoms with van der Waals surface area (Å²) in [6, 6.07) is 0. The quantitative estimate of drug-likeness (QED) is 0.538. The number of nitrogens with zero attached hydrogens (tertiary/aromatic N) is 4. The summed E-state index contributed by atoms with van der Waals surface area (Å²) in [5.74, 6) is 0.576. The second kappa shape index (κ2) is 9.92. The van der Waals surface area contributed by atoms with Gasteiger partial charge in [-0.05, 0) is 25.2 Å². The van der Waals surface area contributed by atoms with Crippen molar-refractivity contribution in [1.29, 1.82) is 0 Å². The molecule has 1 N–H and O–H groups in total. The van der Waals surface area contributed by atoms with Crippen molar-refractivity contribution >= 4 is 19.4 Å². The summed E-state index contributed by atoms with van der Waals surface area (Å²) >= 11 is 0. The van der Waals surface area contributed by atoms with Crippen LogP contribution < -0.4 is 11.2 Å². The zero-order valence-corrected chi connectivity index (χ0v) is 17.0. The first-order chi connectivity index (χ1) is 12.9. The summed E-state index contributed by atoms with van der Waals surface area (Å²) in [5, 5.41) is 0. The Hall–Kier alpha value is -1.83. The maximum atomic E-state index is 12.7. The van der Waals surface area contributed by atoms with Crippen molar-refractivity contribution in [2.45, 2.75) is 59.0 Å². The minimum Gasteiger partial charge on any atom is -0.324 e. The lowest BCUT2D eigenvalue weighted by atomic mass is 10.4. The second-order valence-electron chi connectivity index (χ2n) is 6.74. The summed E-state index contributed by atoms with van der Waals surface area (Å²) in [6.45, 7) is 5.22. The Morgan fingerprint density at radius 3 is 2.52 bits per heavy atom. The molecule has 0 saturated heterocycles. The topological polar surface area (TPSA) is 108 Å². The fourth-order valence-corrected chi connectivity index (χ4v) is 2.89. The van der Waals surface area contributed by atoms with Gasteiger partial charge in [0, 0.05) is 24.7 Å². The predicted octanol–water partition coefficient (Wildman–Crippen LogP) is 2.17. The molecule has 1 fully saturated rings. The van der Waals surface area contributed by atoms with Crippen LogP contribution in [0.3, 0.4) is 0 Å². The number of aromatic nitrogens is 4. The standard InChI is InChI=1S/C13H17N4O5P.C4H10/c1-15-11-10(16(8-14-11)7-9-3-4-9)12(18)17(13(15)19)5-2-6-22-23(20)21;1-3-4-2/h8-9H,2-7H2,1H3;3-4H2,1-2H3/p+1. The molecule has 0 spiro atoms. The molecule has 2 heterocycles. The van der Waals surface area contributed by atoms with Crippen LogP contribution in [0.25, 0.3) is 11.2 Å². The molecule has 0 amide bonds. The van der Waals surface area contributed by atoms with Gasteiger partial charge in [-0.15, -0.1) is 9.42 Å². The van der Waals surface area contributed by atoms with Crippen LogP contribution in [-0.2, 0) is 29.2 Å².